The van der Waals surface area contributed by atoms with Crippen LogP contribution < -0.4 is 5.32 Å². The van der Waals surface area contributed by atoms with Gasteiger partial charge in [-0.1, -0.05) is 0 Å². The third kappa shape index (κ3) is 4.14. The molecule has 1 aromatic carbocycles. The molecular weight excluding hydrogens is 374 g/mol. The van der Waals surface area contributed by atoms with Gasteiger partial charge in [0, 0.05) is 41.9 Å². The summed E-state index contributed by atoms with van der Waals surface area (Å²) >= 11 is 1.77. The molecule has 28 heavy (non-hydrogen) atoms. The summed E-state index contributed by atoms with van der Waals surface area (Å²) in [5.74, 6) is -0.383. The molecule has 0 saturated carbocycles. The van der Waals surface area contributed by atoms with Crippen molar-refractivity contribution in [3.63, 3.8) is 0 Å². The largest absolute Gasteiger partial charge is 0.326 e. The average molecular weight is 398 g/mol. The Bertz CT molecular complexity index is 865. The highest BCUT2D eigenvalue weighted by Crippen LogP contribution is 2.33. The molecule has 0 radical (unpaired) electrons. The van der Waals surface area contributed by atoms with Gasteiger partial charge in [-0.25, -0.2) is 4.98 Å². The summed E-state index contributed by atoms with van der Waals surface area (Å²) in [4.78, 5) is 42.7. The Kier molecular flexibility index (Phi) is 5.52. The van der Waals surface area contributed by atoms with Gasteiger partial charge in [0.1, 0.15) is 5.01 Å². The lowest BCUT2D eigenvalue weighted by atomic mass is 10.0. The molecule has 1 N–H and O–H groups in total. The lowest BCUT2D eigenvalue weighted by Crippen LogP contribution is -2.30. The molecule has 1 aromatic heterocycles. The smallest absolute Gasteiger partial charge is 0.229 e. The number of nitrogens with zero attached hydrogens (tertiary/aromatic N) is 2. The summed E-state index contributed by atoms with van der Waals surface area (Å²) in [7, 11) is 0. The summed E-state index contributed by atoms with van der Waals surface area (Å²) in [6, 6.07) is 7.76. The van der Waals surface area contributed by atoms with E-state index in [0.717, 1.165) is 29.1 Å². The van der Waals surface area contributed by atoms with Crippen molar-refractivity contribution in [2.45, 2.75) is 51.4 Å². The van der Waals surface area contributed by atoms with Crippen molar-refractivity contribution in [3.8, 4) is 10.6 Å². The van der Waals surface area contributed by atoms with Gasteiger partial charge in [0.2, 0.25) is 17.7 Å². The Morgan fingerprint density at radius 1 is 1.04 bits per heavy atom. The van der Waals surface area contributed by atoms with Crippen LogP contribution in [0.25, 0.3) is 10.6 Å². The van der Waals surface area contributed by atoms with Gasteiger partial charge in [-0.05, 0) is 56.4 Å². The number of imide groups is 1. The molecule has 6 nitrogen and oxygen atoms in total. The molecular formula is C21H23N3O3S. The monoisotopic (exact) mass is 397 g/mol. The van der Waals surface area contributed by atoms with Gasteiger partial charge in [0.25, 0.3) is 0 Å². The molecule has 0 bridgehead atoms. The van der Waals surface area contributed by atoms with E-state index in [0.29, 0.717) is 25.8 Å². The second kappa shape index (κ2) is 8.22. The van der Waals surface area contributed by atoms with Gasteiger partial charge in [-0.2, -0.15) is 0 Å². The van der Waals surface area contributed by atoms with Crippen LogP contribution in [0.15, 0.2) is 24.3 Å². The number of aryl methyl sites for hydroxylation is 2. The predicted molar refractivity (Wildman–Crippen MR) is 108 cm³/mol. The number of rotatable bonds is 6. The van der Waals surface area contributed by atoms with Crippen molar-refractivity contribution in [1.29, 1.82) is 0 Å². The van der Waals surface area contributed by atoms with Crippen molar-refractivity contribution in [1.82, 2.24) is 9.88 Å². The molecule has 0 atom stereocenters. The van der Waals surface area contributed by atoms with E-state index in [4.69, 9.17) is 4.98 Å². The number of aromatic nitrogens is 1. The van der Waals surface area contributed by atoms with Crippen LogP contribution in [-0.4, -0.2) is 34.2 Å². The van der Waals surface area contributed by atoms with E-state index in [1.165, 1.54) is 28.3 Å². The first-order valence-corrected chi connectivity index (χ1v) is 10.6. The number of nitrogens with one attached hydrogen (secondary N) is 1. The minimum atomic E-state index is -0.134. The quantitative estimate of drug-likeness (QED) is 0.756. The second-order valence-corrected chi connectivity index (χ2v) is 8.35. The van der Waals surface area contributed by atoms with E-state index in [1.54, 1.807) is 11.3 Å². The third-order valence-corrected chi connectivity index (χ3v) is 6.41. The molecule has 1 aliphatic carbocycles. The maximum atomic E-state index is 12.1. The van der Waals surface area contributed by atoms with E-state index in [1.807, 2.05) is 24.3 Å². The lowest BCUT2D eigenvalue weighted by Gasteiger charge is -2.13. The number of amides is 3. The molecule has 2 heterocycles. The molecule has 0 unspecified atom stereocenters. The highest BCUT2D eigenvalue weighted by Gasteiger charge is 2.28. The van der Waals surface area contributed by atoms with Crippen LogP contribution in [0.1, 0.15) is 49.1 Å². The van der Waals surface area contributed by atoms with Crippen LogP contribution in [0, 0.1) is 0 Å². The van der Waals surface area contributed by atoms with Gasteiger partial charge in [-0.15, -0.1) is 11.3 Å². The van der Waals surface area contributed by atoms with Gasteiger partial charge >= 0.3 is 0 Å². The Balaban J connectivity index is 1.29. The summed E-state index contributed by atoms with van der Waals surface area (Å²) in [6.07, 6.45) is 6.02. The van der Waals surface area contributed by atoms with Crippen molar-refractivity contribution >= 4 is 34.7 Å². The molecule has 7 heteroatoms. The van der Waals surface area contributed by atoms with Crippen LogP contribution in [0.4, 0.5) is 5.69 Å². The number of fused-ring (bicyclic) bond motifs is 1. The number of benzene rings is 1. The minimum Gasteiger partial charge on any atom is -0.326 e. The van der Waals surface area contributed by atoms with E-state index in [9.17, 15) is 14.4 Å². The zero-order chi connectivity index (χ0) is 19.5. The van der Waals surface area contributed by atoms with Crippen LogP contribution in [0.2, 0.25) is 0 Å². The lowest BCUT2D eigenvalue weighted by molar-refractivity contribution is -0.138. The first-order chi connectivity index (χ1) is 13.6. The fourth-order valence-corrected chi connectivity index (χ4v) is 4.82. The van der Waals surface area contributed by atoms with Gasteiger partial charge in [-0.3, -0.25) is 19.3 Å². The first-order valence-electron chi connectivity index (χ1n) is 9.82. The van der Waals surface area contributed by atoms with Gasteiger partial charge in [0.05, 0.1) is 5.69 Å². The van der Waals surface area contributed by atoms with Crippen LogP contribution in [0.3, 0.4) is 0 Å². The van der Waals surface area contributed by atoms with E-state index < -0.39 is 0 Å². The maximum Gasteiger partial charge on any atom is 0.229 e. The molecule has 0 spiro atoms. The minimum absolute atomic E-state index is 0.114. The number of thiazole rings is 1. The number of carbonyl (C=O) groups excluding carboxylic acids is 3. The van der Waals surface area contributed by atoms with Crippen molar-refractivity contribution in [2.24, 2.45) is 0 Å². The topological polar surface area (TPSA) is 79.4 Å². The van der Waals surface area contributed by atoms with Gasteiger partial charge in [0.15, 0.2) is 0 Å². The molecule has 1 aliphatic heterocycles. The number of carbonyl (C=O) groups is 3. The highest BCUT2D eigenvalue weighted by atomic mass is 32.1. The normalized spacial score (nSPS) is 16.4. The number of hydrogen-bond donors (Lipinski definition) is 1. The fourth-order valence-electron chi connectivity index (χ4n) is 3.67. The summed E-state index contributed by atoms with van der Waals surface area (Å²) < 4.78 is 0. The Morgan fingerprint density at radius 3 is 2.46 bits per heavy atom. The Morgan fingerprint density at radius 2 is 1.75 bits per heavy atom. The van der Waals surface area contributed by atoms with Crippen molar-refractivity contribution in [3.05, 3.63) is 34.8 Å². The first kappa shape index (κ1) is 18.8. The van der Waals surface area contributed by atoms with Gasteiger partial charge < -0.3 is 5.32 Å². The molecule has 146 valence electrons. The number of hydrogen-bond acceptors (Lipinski definition) is 5. The number of anilines is 1. The molecule has 4 rings (SSSR count). The van der Waals surface area contributed by atoms with Crippen LogP contribution >= 0.6 is 11.3 Å². The zero-order valence-corrected chi connectivity index (χ0v) is 16.5. The Labute approximate surface area is 168 Å². The third-order valence-electron chi connectivity index (χ3n) is 5.20. The van der Waals surface area contributed by atoms with Crippen molar-refractivity contribution < 1.29 is 14.4 Å². The fraction of sp³-hybridized carbons (Fsp3) is 0.429. The second-order valence-electron chi connectivity index (χ2n) is 7.26. The van der Waals surface area contributed by atoms with E-state index in [2.05, 4.69) is 5.32 Å². The van der Waals surface area contributed by atoms with Crippen molar-refractivity contribution in [2.75, 3.05) is 11.9 Å². The SMILES string of the molecule is O=C(CCCN1C(=O)CCC1=O)Nc1ccc(-c2nc3c(s2)CCCC3)cc1. The van der Waals surface area contributed by atoms with E-state index in [-0.39, 0.29) is 24.1 Å². The molecule has 1 saturated heterocycles. The molecule has 1 fully saturated rings. The molecule has 2 aliphatic rings. The zero-order valence-electron chi connectivity index (χ0n) is 15.7. The Hall–Kier alpha value is -2.54. The standard InChI is InChI=1S/C21H23N3O3S/c25-18(6-3-13-24-19(26)11-12-20(24)27)22-15-9-7-14(8-10-15)21-23-16-4-1-2-5-17(16)28-21/h7-10H,1-6,11-13H2,(H,22,25). The van der Waals surface area contributed by atoms with Crippen LogP contribution in [0.5, 0.6) is 0 Å². The van der Waals surface area contributed by atoms with E-state index >= 15 is 0 Å². The molecule has 2 aromatic rings. The predicted octanol–water partition coefficient (Wildman–Crippen LogP) is 3.56. The highest BCUT2D eigenvalue weighted by molar-refractivity contribution is 7.15. The summed E-state index contributed by atoms with van der Waals surface area (Å²) in [6.45, 7) is 0.318. The summed E-state index contributed by atoms with van der Waals surface area (Å²) in [5.41, 5.74) is 3.06. The van der Waals surface area contributed by atoms with Crippen LogP contribution in [-0.2, 0) is 27.2 Å². The summed E-state index contributed by atoms with van der Waals surface area (Å²) in [5, 5.41) is 3.92. The molecule has 3 amide bonds. The number of likely N-dealkylation sites (tertiary alicyclic amines) is 1. The average Bonchev–Trinajstić information content (AvgIpc) is 3.27. The maximum absolute atomic E-state index is 12.1.